The zero-order chi connectivity index (χ0) is 24.6. The van der Waals surface area contributed by atoms with Crippen LogP contribution in [0.15, 0.2) is 60.8 Å². The van der Waals surface area contributed by atoms with Gasteiger partial charge in [0.05, 0.1) is 17.9 Å². The summed E-state index contributed by atoms with van der Waals surface area (Å²) < 4.78 is 15.7. The van der Waals surface area contributed by atoms with Gasteiger partial charge in [-0.2, -0.15) is 0 Å². The maximum Gasteiger partial charge on any atom is 0.217 e. The molecule has 3 aromatic heterocycles. The molecule has 184 valence electrons. The highest BCUT2D eigenvalue weighted by atomic mass is 19.1. The number of fused-ring (bicyclic) bond motifs is 1. The molecular weight excluding hydrogens is 457 g/mol. The molecule has 6 rings (SSSR count). The van der Waals surface area contributed by atoms with Crippen LogP contribution < -0.4 is 15.1 Å². The van der Waals surface area contributed by atoms with Crippen molar-refractivity contribution in [2.24, 2.45) is 0 Å². The van der Waals surface area contributed by atoms with Crippen molar-refractivity contribution in [1.82, 2.24) is 24.9 Å². The van der Waals surface area contributed by atoms with Crippen LogP contribution in [0.1, 0.15) is 37.8 Å². The molecule has 0 saturated carbocycles. The van der Waals surface area contributed by atoms with Gasteiger partial charge in [-0.05, 0) is 61.2 Å². The number of amides is 1. The Morgan fingerprint density at radius 3 is 2.81 bits per heavy atom. The first-order chi connectivity index (χ1) is 17.5. The number of hydrogen-bond donors (Lipinski definition) is 1. The first-order valence-corrected chi connectivity index (χ1v) is 12.4. The van der Waals surface area contributed by atoms with Crippen LogP contribution in [0.2, 0.25) is 0 Å². The Morgan fingerprint density at radius 1 is 1.06 bits per heavy atom. The van der Waals surface area contributed by atoms with E-state index in [1.165, 1.54) is 6.07 Å². The number of hydrogen-bond acceptors (Lipinski definition) is 6. The van der Waals surface area contributed by atoms with Crippen LogP contribution in [0.5, 0.6) is 0 Å². The predicted molar refractivity (Wildman–Crippen MR) is 136 cm³/mol. The standard InChI is InChI=1S/C27H28FN7O/c1-18(36)30-21-12-14-33(17-21)26-9-3-7-22(31-26)24-16-29-25-10-11-27(32-35(24)25)34-13-4-8-23(34)19-5-2-6-20(28)15-19/h2-3,5-7,9-11,15-16,21,23H,4,8,12-14,17H2,1H3,(H,30,36)/t21-,23?/m1/s1. The van der Waals surface area contributed by atoms with Crippen LogP contribution >= 0.6 is 0 Å². The summed E-state index contributed by atoms with van der Waals surface area (Å²) in [5.41, 5.74) is 3.32. The maximum atomic E-state index is 13.9. The van der Waals surface area contributed by atoms with Crippen LogP contribution in [0.4, 0.5) is 16.0 Å². The average Bonchev–Trinajstić information content (AvgIpc) is 3.63. The van der Waals surface area contributed by atoms with E-state index in [2.05, 4.69) is 20.1 Å². The fourth-order valence-corrected chi connectivity index (χ4v) is 5.41. The van der Waals surface area contributed by atoms with Crippen molar-refractivity contribution >= 4 is 23.2 Å². The van der Waals surface area contributed by atoms with E-state index in [-0.39, 0.29) is 23.8 Å². The number of benzene rings is 1. The Hall–Kier alpha value is -4.01. The van der Waals surface area contributed by atoms with Crippen LogP contribution in [-0.4, -0.2) is 51.2 Å². The normalized spacial score (nSPS) is 19.8. The number of rotatable bonds is 5. The van der Waals surface area contributed by atoms with Gasteiger partial charge in [0.2, 0.25) is 5.91 Å². The van der Waals surface area contributed by atoms with Gasteiger partial charge in [0.25, 0.3) is 0 Å². The van der Waals surface area contributed by atoms with Gasteiger partial charge in [-0.3, -0.25) is 4.79 Å². The molecule has 0 radical (unpaired) electrons. The summed E-state index contributed by atoms with van der Waals surface area (Å²) in [6.07, 6.45) is 4.68. The van der Waals surface area contributed by atoms with Crippen molar-refractivity contribution in [1.29, 1.82) is 0 Å². The second-order valence-electron chi connectivity index (χ2n) is 9.52. The Kier molecular flexibility index (Phi) is 5.75. The smallest absolute Gasteiger partial charge is 0.217 e. The van der Waals surface area contributed by atoms with E-state index in [1.807, 2.05) is 40.9 Å². The lowest BCUT2D eigenvalue weighted by Gasteiger charge is -2.26. The SMILES string of the molecule is CC(=O)N[C@@H]1CCN(c2cccc(-c3cnc4ccc(N5CCCC5c5cccc(F)c5)nn34)n2)C1. The molecule has 8 nitrogen and oxygen atoms in total. The van der Waals surface area contributed by atoms with Crippen molar-refractivity contribution in [2.45, 2.75) is 38.3 Å². The molecule has 36 heavy (non-hydrogen) atoms. The van der Waals surface area contributed by atoms with E-state index in [4.69, 9.17) is 10.1 Å². The topological polar surface area (TPSA) is 78.7 Å². The number of anilines is 2. The fraction of sp³-hybridized carbons (Fsp3) is 0.333. The number of pyridine rings is 1. The summed E-state index contributed by atoms with van der Waals surface area (Å²) in [6.45, 7) is 3.99. The number of carbonyl (C=O) groups is 1. The van der Waals surface area contributed by atoms with Crippen molar-refractivity contribution in [2.75, 3.05) is 29.4 Å². The van der Waals surface area contributed by atoms with Crippen molar-refractivity contribution < 1.29 is 9.18 Å². The molecule has 0 spiro atoms. The first-order valence-electron chi connectivity index (χ1n) is 12.4. The van der Waals surface area contributed by atoms with Crippen LogP contribution in [0.3, 0.4) is 0 Å². The lowest BCUT2D eigenvalue weighted by Crippen LogP contribution is -2.35. The predicted octanol–water partition coefficient (Wildman–Crippen LogP) is 3.99. The number of imidazole rings is 1. The first kappa shape index (κ1) is 22.5. The minimum absolute atomic E-state index is 0.00573. The van der Waals surface area contributed by atoms with E-state index < -0.39 is 0 Å². The quantitative estimate of drug-likeness (QED) is 0.461. The number of carbonyl (C=O) groups excluding carboxylic acids is 1. The number of halogens is 1. The van der Waals surface area contributed by atoms with Gasteiger partial charge in [0.15, 0.2) is 5.65 Å². The Bertz CT molecular complexity index is 1420. The van der Waals surface area contributed by atoms with Gasteiger partial charge in [0, 0.05) is 32.6 Å². The van der Waals surface area contributed by atoms with E-state index >= 15 is 0 Å². The molecule has 1 N–H and O–H groups in total. The minimum atomic E-state index is -0.216. The molecule has 1 amide bonds. The second kappa shape index (κ2) is 9.22. The third-order valence-electron chi connectivity index (χ3n) is 7.05. The number of nitrogens with one attached hydrogen (secondary N) is 1. The molecule has 9 heteroatoms. The van der Waals surface area contributed by atoms with Crippen molar-refractivity contribution in [3.05, 3.63) is 72.2 Å². The average molecular weight is 486 g/mol. The van der Waals surface area contributed by atoms with Crippen LogP contribution in [0, 0.1) is 5.82 Å². The zero-order valence-corrected chi connectivity index (χ0v) is 20.1. The summed E-state index contributed by atoms with van der Waals surface area (Å²) in [4.78, 5) is 25.3. The van der Waals surface area contributed by atoms with Crippen molar-refractivity contribution in [3.8, 4) is 11.4 Å². The maximum absolute atomic E-state index is 13.9. The van der Waals surface area contributed by atoms with Gasteiger partial charge in [-0.15, -0.1) is 5.10 Å². The summed E-state index contributed by atoms with van der Waals surface area (Å²) >= 11 is 0. The van der Waals surface area contributed by atoms with Gasteiger partial charge in [-0.25, -0.2) is 18.9 Å². The third-order valence-corrected chi connectivity index (χ3v) is 7.05. The van der Waals surface area contributed by atoms with Crippen LogP contribution in [-0.2, 0) is 4.79 Å². The lowest BCUT2D eigenvalue weighted by atomic mass is 10.0. The van der Waals surface area contributed by atoms with Crippen LogP contribution in [0.25, 0.3) is 17.0 Å². The Morgan fingerprint density at radius 2 is 1.94 bits per heavy atom. The summed E-state index contributed by atoms with van der Waals surface area (Å²) in [5, 5.41) is 7.95. The molecule has 4 aromatic rings. The molecule has 2 fully saturated rings. The fourth-order valence-electron chi connectivity index (χ4n) is 5.41. The number of nitrogens with zero attached hydrogens (tertiary/aromatic N) is 6. The highest BCUT2D eigenvalue weighted by molar-refractivity contribution is 5.73. The second-order valence-corrected chi connectivity index (χ2v) is 9.52. The minimum Gasteiger partial charge on any atom is -0.354 e. The zero-order valence-electron chi connectivity index (χ0n) is 20.1. The molecule has 0 aliphatic carbocycles. The summed E-state index contributed by atoms with van der Waals surface area (Å²) in [5.74, 6) is 1.49. The highest BCUT2D eigenvalue weighted by Crippen LogP contribution is 2.35. The number of aromatic nitrogens is 4. The summed E-state index contributed by atoms with van der Waals surface area (Å²) in [6, 6.07) is 17.0. The van der Waals surface area contributed by atoms with Gasteiger partial charge in [0.1, 0.15) is 23.1 Å². The Balaban J connectivity index is 1.30. The molecule has 2 atom stereocenters. The molecule has 2 saturated heterocycles. The summed E-state index contributed by atoms with van der Waals surface area (Å²) in [7, 11) is 0. The molecule has 5 heterocycles. The molecule has 0 bridgehead atoms. The van der Waals surface area contributed by atoms with E-state index in [0.717, 1.165) is 73.1 Å². The monoisotopic (exact) mass is 485 g/mol. The van der Waals surface area contributed by atoms with Gasteiger partial charge < -0.3 is 15.1 Å². The molecule has 1 unspecified atom stereocenters. The van der Waals surface area contributed by atoms with E-state index in [0.29, 0.717) is 0 Å². The molecule has 2 aliphatic rings. The van der Waals surface area contributed by atoms with Crippen molar-refractivity contribution in [3.63, 3.8) is 0 Å². The van der Waals surface area contributed by atoms with E-state index in [1.54, 1.807) is 25.3 Å². The molecule has 1 aromatic carbocycles. The molecule has 2 aliphatic heterocycles. The highest BCUT2D eigenvalue weighted by Gasteiger charge is 2.28. The van der Waals surface area contributed by atoms with Gasteiger partial charge in [-0.1, -0.05) is 18.2 Å². The van der Waals surface area contributed by atoms with E-state index in [9.17, 15) is 9.18 Å². The lowest BCUT2D eigenvalue weighted by molar-refractivity contribution is -0.119. The third kappa shape index (κ3) is 4.25. The Labute approximate surface area is 208 Å². The largest absolute Gasteiger partial charge is 0.354 e. The van der Waals surface area contributed by atoms with Gasteiger partial charge >= 0.3 is 0 Å². The molecular formula is C27H28FN7O.